The van der Waals surface area contributed by atoms with Crippen LogP contribution in [-0.4, -0.2) is 42.4 Å². The SMILES string of the molecule is O=C1CCN(c2cc(C(=O)N3CCC4(CCCCC4)CC3)ccc2F)C(=O)N1. The maximum absolute atomic E-state index is 14.3. The van der Waals surface area contributed by atoms with Gasteiger partial charge in [-0.3, -0.25) is 19.8 Å². The number of nitrogens with zero attached hydrogens (tertiary/aromatic N) is 2. The van der Waals surface area contributed by atoms with Gasteiger partial charge in [0.1, 0.15) is 5.82 Å². The maximum atomic E-state index is 14.3. The number of piperidine rings is 1. The van der Waals surface area contributed by atoms with Crippen molar-refractivity contribution in [2.75, 3.05) is 24.5 Å². The van der Waals surface area contributed by atoms with E-state index in [-0.39, 0.29) is 30.5 Å². The average Bonchev–Trinajstić information content (AvgIpc) is 2.70. The lowest BCUT2D eigenvalue weighted by molar-refractivity contribution is -0.120. The molecule has 1 N–H and O–H groups in total. The predicted octanol–water partition coefficient (Wildman–Crippen LogP) is 3.46. The second-order valence-corrected chi connectivity index (χ2v) is 8.27. The molecule has 0 bridgehead atoms. The van der Waals surface area contributed by atoms with Gasteiger partial charge in [0, 0.05) is 31.6 Å². The lowest BCUT2D eigenvalue weighted by Gasteiger charge is -2.44. The smallest absolute Gasteiger partial charge is 0.328 e. The number of halogens is 1. The molecule has 2 aliphatic heterocycles. The molecule has 1 spiro atoms. The summed E-state index contributed by atoms with van der Waals surface area (Å²) in [6, 6.07) is 3.47. The molecule has 4 amide bonds. The highest BCUT2D eigenvalue weighted by atomic mass is 19.1. The van der Waals surface area contributed by atoms with Crippen LogP contribution in [-0.2, 0) is 4.79 Å². The van der Waals surface area contributed by atoms with E-state index in [4.69, 9.17) is 0 Å². The molecule has 0 radical (unpaired) electrons. The summed E-state index contributed by atoms with van der Waals surface area (Å²) in [5.41, 5.74) is 0.818. The van der Waals surface area contributed by atoms with E-state index in [1.54, 1.807) is 0 Å². The van der Waals surface area contributed by atoms with E-state index in [0.717, 1.165) is 25.9 Å². The summed E-state index contributed by atoms with van der Waals surface area (Å²) < 4.78 is 14.3. The van der Waals surface area contributed by atoms with Gasteiger partial charge in [-0.25, -0.2) is 9.18 Å². The van der Waals surface area contributed by atoms with Crippen molar-refractivity contribution in [2.24, 2.45) is 5.41 Å². The van der Waals surface area contributed by atoms with E-state index < -0.39 is 11.8 Å². The molecule has 6 nitrogen and oxygen atoms in total. The summed E-state index contributed by atoms with van der Waals surface area (Å²) in [5.74, 6) is -1.08. The standard InChI is InChI=1S/C21H26FN3O3/c22-16-5-4-15(14-17(16)25-11-6-18(26)23-20(25)28)19(27)24-12-9-21(10-13-24)7-2-1-3-8-21/h4-5,14H,1-3,6-13H2,(H,23,26,28). The van der Waals surface area contributed by atoms with Crippen molar-refractivity contribution in [3.8, 4) is 0 Å². The molecular formula is C21H26FN3O3. The van der Waals surface area contributed by atoms with Crippen LogP contribution in [0, 0.1) is 11.2 Å². The molecule has 2 heterocycles. The van der Waals surface area contributed by atoms with Crippen molar-refractivity contribution in [1.29, 1.82) is 0 Å². The molecule has 1 aromatic carbocycles. The Kier molecular flexibility index (Phi) is 5.08. The lowest BCUT2D eigenvalue weighted by Crippen LogP contribution is -2.50. The van der Waals surface area contributed by atoms with Gasteiger partial charge >= 0.3 is 6.03 Å². The number of amides is 4. The Morgan fingerprint density at radius 3 is 2.39 bits per heavy atom. The van der Waals surface area contributed by atoms with Crippen molar-refractivity contribution in [3.05, 3.63) is 29.6 Å². The first kappa shape index (κ1) is 18.9. The fraction of sp³-hybridized carbons (Fsp3) is 0.571. The van der Waals surface area contributed by atoms with Gasteiger partial charge in [-0.05, 0) is 49.3 Å². The van der Waals surface area contributed by atoms with Gasteiger partial charge in [-0.1, -0.05) is 19.3 Å². The number of carbonyl (C=O) groups excluding carboxylic acids is 3. The number of hydrogen-bond donors (Lipinski definition) is 1. The highest BCUT2D eigenvalue weighted by molar-refractivity contribution is 6.06. The molecule has 0 atom stereocenters. The van der Waals surface area contributed by atoms with Crippen LogP contribution in [0.4, 0.5) is 14.9 Å². The Morgan fingerprint density at radius 1 is 1.00 bits per heavy atom. The highest BCUT2D eigenvalue weighted by Crippen LogP contribution is 2.44. The summed E-state index contributed by atoms with van der Waals surface area (Å²) in [6.45, 7) is 1.56. The molecule has 7 heteroatoms. The van der Waals surface area contributed by atoms with Crippen LogP contribution < -0.4 is 10.2 Å². The Labute approximate surface area is 164 Å². The van der Waals surface area contributed by atoms with Crippen LogP contribution in [0.15, 0.2) is 18.2 Å². The highest BCUT2D eigenvalue weighted by Gasteiger charge is 2.37. The quantitative estimate of drug-likeness (QED) is 0.845. The lowest BCUT2D eigenvalue weighted by atomic mass is 9.68. The van der Waals surface area contributed by atoms with Crippen molar-refractivity contribution >= 4 is 23.5 Å². The van der Waals surface area contributed by atoms with Crippen molar-refractivity contribution < 1.29 is 18.8 Å². The fourth-order valence-electron chi connectivity index (χ4n) is 4.82. The number of likely N-dealkylation sites (tertiary alicyclic amines) is 1. The van der Waals surface area contributed by atoms with Crippen LogP contribution in [0.5, 0.6) is 0 Å². The third-order valence-electron chi connectivity index (χ3n) is 6.56. The van der Waals surface area contributed by atoms with Crippen LogP contribution in [0.1, 0.15) is 61.7 Å². The van der Waals surface area contributed by atoms with E-state index in [1.807, 2.05) is 4.90 Å². The first-order chi connectivity index (χ1) is 13.5. The fourth-order valence-corrected chi connectivity index (χ4v) is 4.82. The first-order valence-electron chi connectivity index (χ1n) is 10.2. The van der Waals surface area contributed by atoms with Crippen molar-refractivity contribution in [1.82, 2.24) is 10.2 Å². The molecule has 1 aromatic rings. The Bertz CT molecular complexity index is 794. The van der Waals surface area contributed by atoms with Crippen molar-refractivity contribution in [3.63, 3.8) is 0 Å². The zero-order valence-electron chi connectivity index (χ0n) is 16.0. The van der Waals surface area contributed by atoms with Gasteiger partial charge in [-0.2, -0.15) is 0 Å². The van der Waals surface area contributed by atoms with E-state index in [9.17, 15) is 18.8 Å². The number of imide groups is 1. The second kappa shape index (κ2) is 7.53. The molecule has 1 aliphatic carbocycles. The first-order valence-corrected chi connectivity index (χ1v) is 10.2. The zero-order valence-corrected chi connectivity index (χ0v) is 16.0. The minimum absolute atomic E-state index is 0.0385. The molecule has 3 aliphatic rings. The minimum atomic E-state index is -0.656. The van der Waals surface area contributed by atoms with Crippen LogP contribution >= 0.6 is 0 Å². The van der Waals surface area contributed by atoms with E-state index in [2.05, 4.69) is 5.32 Å². The summed E-state index contributed by atoms with van der Waals surface area (Å²) in [6.07, 6.45) is 8.59. The number of carbonyl (C=O) groups is 3. The second-order valence-electron chi connectivity index (χ2n) is 8.27. The van der Waals surface area contributed by atoms with Gasteiger partial charge in [0.05, 0.1) is 5.69 Å². The number of rotatable bonds is 2. The molecule has 0 unspecified atom stereocenters. The Balaban J connectivity index is 1.48. The van der Waals surface area contributed by atoms with Crippen LogP contribution in [0.2, 0.25) is 0 Å². The molecule has 1 saturated carbocycles. The molecule has 2 saturated heterocycles. The summed E-state index contributed by atoms with van der Waals surface area (Å²) in [4.78, 5) is 39.4. The minimum Gasteiger partial charge on any atom is -0.339 e. The maximum Gasteiger partial charge on any atom is 0.328 e. The van der Waals surface area contributed by atoms with E-state index in [0.29, 0.717) is 11.0 Å². The molecule has 3 fully saturated rings. The van der Waals surface area contributed by atoms with E-state index in [1.165, 1.54) is 55.2 Å². The van der Waals surface area contributed by atoms with Gasteiger partial charge in [0.15, 0.2) is 0 Å². The molecule has 4 rings (SSSR count). The summed E-state index contributed by atoms with van der Waals surface area (Å²) >= 11 is 0. The predicted molar refractivity (Wildman–Crippen MR) is 103 cm³/mol. The largest absolute Gasteiger partial charge is 0.339 e. The Hall–Kier alpha value is -2.44. The van der Waals surface area contributed by atoms with Crippen molar-refractivity contribution in [2.45, 2.75) is 51.4 Å². The number of urea groups is 1. The van der Waals surface area contributed by atoms with E-state index >= 15 is 0 Å². The van der Waals surface area contributed by atoms with Gasteiger partial charge in [0.2, 0.25) is 5.91 Å². The molecule has 150 valence electrons. The molecule has 0 aromatic heterocycles. The third-order valence-corrected chi connectivity index (χ3v) is 6.56. The van der Waals surface area contributed by atoms with Crippen LogP contribution in [0.25, 0.3) is 0 Å². The molecule has 28 heavy (non-hydrogen) atoms. The third kappa shape index (κ3) is 3.62. The van der Waals surface area contributed by atoms with Gasteiger partial charge < -0.3 is 4.90 Å². The van der Waals surface area contributed by atoms with Crippen LogP contribution in [0.3, 0.4) is 0 Å². The number of benzene rings is 1. The number of hydrogen-bond acceptors (Lipinski definition) is 3. The molecular weight excluding hydrogens is 361 g/mol. The topological polar surface area (TPSA) is 69.7 Å². The monoisotopic (exact) mass is 387 g/mol. The summed E-state index contributed by atoms with van der Waals surface area (Å²) in [7, 11) is 0. The van der Waals surface area contributed by atoms with Gasteiger partial charge in [0.25, 0.3) is 5.91 Å². The summed E-state index contributed by atoms with van der Waals surface area (Å²) in [5, 5.41) is 2.19. The average molecular weight is 387 g/mol. The van der Waals surface area contributed by atoms with Gasteiger partial charge in [-0.15, -0.1) is 0 Å². The zero-order chi connectivity index (χ0) is 19.7. The number of nitrogens with one attached hydrogen (secondary N) is 1. The number of anilines is 1. The Morgan fingerprint density at radius 2 is 1.71 bits per heavy atom. The normalized spacial score (nSPS) is 22.3.